The summed E-state index contributed by atoms with van der Waals surface area (Å²) >= 11 is 4.93. The lowest BCUT2D eigenvalue weighted by molar-refractivity contribution is 0.00866. The molecule has 0 aliphatic carbocycles. The third kappa shape index (κ3) is 1.86. The first kappa shape index (κ1) is 7.90. The summed E-state index contributed by atoms with van der Waals surface area (Å²) in [4.78, 5) is 18.0. The summed E-state index contributed by atoms with van der Waals surface area (Å²) in [5.74, 6) is -0.806. The van der Waals surface area contributed by atoms with Gasteiger partial charge >= 0.3 is 5.91 Å². The van der Waals surface area contributed by atoms with Gasteiger partial charge in [-0.1, -0.05) is 0 Å². The van der Waals surface area contributed by atoms with Crippen LogP contribution in [0.5, 0.6) is 0 Å². The van der Waals surface area contributed by atoms with Crippen molar-refractivity contribution in [3.63, 3.8) is 0 Å². The van der Waals surface area contributed by atoms with Crippen molar-refractivity contribution < 1.29 is 10.0 Å². The molecule has 0 aromatic carbocycles. The highest BCUT2D eigenvalue weighted by Gasteiger charge is 2.11. The largest absolute Gasteiger partial charge is 0.312 e. The molecule has 0 fully saturated rings. The van der Waals surface area contributed by atoms with Gasteiger partial charge in [0.2, 0.25) is 0 Å². The van der Waals surface area contributed by atoms with E-state index in [1.54, 1.807) is 0 Å². The van der Waals surface area contributed by atoms with Crippen LogP contribution in [-0.4, -0.2) is 25.7 Å². The van der Waals surface area contributed by atoms with Crippen LogP contribution in [0.1, 0.15) is 10.5 Å². The first-order chi connectivity index (χ1) is 5.22. The second kappa shape index (κ2) is 3.27. The Labute approximate surface area is 67.3 Å². The Morgan fingerprint density at radius 3 is 2.82 bits per heavy atom. The number of hydroxylamine groups is 1. The summed E-state index contributed by atoms with van der Waals surface area (Å²) in [6, 6.07) is 0. The van der Waals surface area contributed by atoms with Crippen LogP contribution in [0, 0.1) is 0 Å². The van der Waals surface area contributed by atoms with Crippen molar-refractivity contribution in [3.05, 3.63) is 24.3 Å². The topological polar surface area (TPSA) is 66.3 Å². The molecule has 1 amide bonds. The molecular weight excluding hydrogens is 170 g/mol. The predicted molar refractivity (Wildman–Crippen MR) is 35.8 cm³/mol. The van der Waals surface area contributed by atoms with Crippen LogP contribution in [0.3, 0.4) is 0 Å². The molecule has 0 saturated carbocycles. The van der Waals surface area contributed by atoms with Gasteiger partial charge in [-0.05, 0) is 0 Å². The van der Waals surface area contributed by atoms with Crippen LogP contribution < -0.4 is 0 Å². The maximum Gasteiger partial charge on any atom is 0.312 e. The van der Waals surface area contributed by atoms with E-state index in [0.29, 0.717) is 0 Å². The molecule has 58 valence electrons. The smallest absolute Gasteiger partial charge is 0.270 e. The lowest BCUT2D eigenvalue weighted by atomic mass is 10.4. The number of hydrogen-bond donors (Lipinski definition) is 1. The van der Waals surface area contributed by atoms with E-state index in [0.717, 1.165) is 0 Å². The average molecular weight is 174 g/mol. The molecule has 0 saturated heterocycles. The van der Waals surface area contributed by atoms with Crippen LogP contribution in [0.4, 0.5) is 0 Å². The third-order valence-corrected chi connectivity index (χ3v) is 1.10. The van der Waals surface area contributed by atoms with Crippen molar-refractivity contribution in [1.29, 1.82) is 0 Å². The Bertz CT molecular complexity index is 251. The summed E-state index contributed by atoms with van der Waals surface area (Å²) in [7, 11) is 0. The molecule has 0 atom stereocenters. The van der Waals surface area contributed by atoms with E-state index < -0.39 is 5.91 Å². The van der Waals surface area contributed by atoms with Crippen LogP contribution in [-0.2, 0) is 0 Å². The second-order valence-corrected chi connectivity index (χ2v) is 1.98. The summed E-state index contributed by atoms with van der Waals surface area (Å²) in [6.07, 6.45) is 3.94. The molecule has 1 aromatic heterocycles. The maximum atomic E-state index is 10.8. The predicted octanol–water partition coefficient (Wildman–Crippen LogP) is 0.462. The van der Waals surface area contributed by atoms with Crippen molar-refractivity contribution in [1.82, 2.24) is 14.6 Å². The Balaban J connectivity index is 2.86. The second-order valence-electron chi connectivity index (χ2n) is 1.66. The molecule has 1 heterocycles. The molecule has 1 N–H and O–H groups in total. The monoisotopic (exact) mass is 173 g/mol. The van der Waals surface area contributed by atoms with E-state index in [4.69, 9.17) is 17.0 Å². The number of nitrogens with zero attached hydrogens (tertiary/aromatic N) is 3. The van der Waals surface area contributed by atoms with E-state index in [1.165, 1.54) is 18.6 Å². The summed E-state index contributed by atoms with van der Waals surface area (Å²) in [5.41, 5.74) is -0.00926. The van der Waals surface area contributed by atoms with E-state index in [1.807, 2.05) is 0 Å². The zero-order valence-corrected chi connectivity index (χ0v) is 6.06. The molecule has 11 heavy (non-hydrogen) atoms. The maximum absolute atomic E-state index is 10.8. The zero-order valence-electron chi connectivity index (χ0n) is 5.31. The minimum atomic E-state index is -0.806. The van der Waals surface area contributed by atoms with Gasteiger partial charge in [-0.15, -0.1) is 4.58 Å². The van der Waals surface area contributed by atoms with Gasteiger partial charge in [0.15, 0.2) is 0 Å². The number of rotatable bonds is 1. The lowest BCUT2D eigenvalue weighted by Crippen LogP contribution is -2.18. The summed E-state index contributed by atoms with van der Waals surface area (Å²) in [6.45, 7) is 0. The highest BCUT2D eigenvalue weighted by molar-refractivity contribution is 6.22. The highest BCUT2D eigenvalue weighted by Crippen LogP contribution is 1.98. The average Bonchev–Trinajstić information content (AvgIpc) is 2.05. The molecule has 0 bridgehead atoms. The van der Waals surface area contributed by atoms with Crippen LogP contribution in [0.2, 0.25) is 0 Å². The fourth-order valence-electron chi connectivity index (χ4n) is 0.504. The van der Waals surface area contributed by atoms with E-state index in [2.05, 4.69) is 9.97 Å². The molecular formula is C5H4ClN3O2. The molecule has 0 aliphatic heterocycles. The van der Waals surface area contributed by atoms with Gasteiger partial charge in [0.1, 0.15) is 5.69 Å². The molecule has 0 unspecified atom stereocenters. The van der Waals surface area contributed by atoms with Crippen LogP contribution >= 0.6 is 11.8 Å². The number of halogens is 1. The molecule has 0 radical (unpaired) electrons. The number of carbonyl (C=O) groups is 1. The Morgan fingerprint density at radius 1 is 1.64 bits per heavy atom. The van der Waals surface area contributed by atoms with Crippen molar-refractivity contribution in [2.24, 2.45) is 0 Å². The fourth-order valence-corrected chi connectivity index (χ4v) is 0.591. The normalized spacial score (nSPS) is 9.27. The van der Waals surface area contributed by atoms with Gasteiger partial charge in [-0.2, -0.15) is 0 Å². The van der Waals surface area contributed by atoms with E-state index in [-0.39, 0.29) is 10.3 Å². The highest BCUT2D eigenvalue weighted by atomic mass is 35.5. The quantitative estimate of drug-likeness (QED) is 0.381. The molecule has 5 nitrogen and oxygen atoms in total. The van der Waals surface area contributed by atoms with Gasteiger partial charge in [0, 0.05) is 24.2 Å². The van der Waals surface area contributed by atoms with Crippen molar-refractivity contribution in [2.75, 3.05) is 0 Å². The SMILES string of the molecule is O=C(c1cnccn1)N(O)Cl. The molecule has 6 heteroatoms. The Kier molecular flexibility index (Phi) is 2.35. The van der Waals surface area contributed by atoms with E-state index in [9.17, 15) is 4.79 Å². The minimum absolute atomic E-state index is 0.00926. The fraction of sp³-hybridized carbons (Fsp3) is 0. The van der Waals surface area contributed by atoms with Crippen LogP contribution in [0.25, 0.3) is 0 Å². The standard InChI is InChI=1S/C5H4ClN3O2/c6-9(11)5(10)4-3-7-1-2-8-4/h1-3,11H. The van der Waals surface area contributed by atoms with Crippen LogP contribution in [0.15, 0.2) is 18.6 Å². The summed E-state index contributed by atoms with van der Waals surface area (Å²) < 4.78 is -0.0655. The van der Waals surface area contributed by atoms with Gasteiger partial charge in [-0.25, -0.2) is 4.98 Å². The molecule has 0 spiro atoms. The first-order valence-corrected chi connectivity index (χ1v) is 3.01. The Morgan fingerprint density at radius 2 is 2.36 bits per heavy atom. The van der Waals surface area contributed by atoms with Crippen molar-refractivity contribution in [3.8, 4) is 0 Å². The molecule has 1 aromatic rings. The first-order valence-electron chi connectivity index (χ1n) is 2.67. The van der Waals surface area contributed by atoms with Gasteiger partial charge in [-0.3, -0.25) is 15.0 Å². The number of hydrogen-bond acceptors (Lipinski definition) is 4. The number of amides is 1. The van der Waals surface area contributed by atoms with E-state index >= 15 is 0 Å². The van der Waals surface area contributed by atoms with Gasteiger partial charge < -0.3 is 0 Å². The molecule has 1 rings (SSSR count). The zero-order chi connectivity index (χ0) is 8.27. The van der Waals surface area contributed by atoms with Crippen molar-refractivity contribution in [2.45, 2.75) is 0 Å². The summed E-state index contributed by atoms with van der Waals surface area (Å²) in [5, 5.41) is 8.46. The number of carbonyl (C=O) groups excluding carboxylic acids is 1. The van der Waals surface area contributed by atoms with Gasteiger partial charge in [0.25, 0.3) is 0 Å². The van der Waals surface area contributed by atoms with Gasteiger partial charge in [0.05, 0.1) is 6.20 Å². The van der Waals surface area contributed by atoms with Crippen molar-refractivity contribution >= 4 is 17.7 Å². The number of aromatic nitrogens is 2. The third-order valence-electron chi connectivity index (χ3n) is 0.950. The minimum Gasteiger partial charge on any atom is -0.270 e. The lowest BCUT2D eigenvalue weighted by Gasteiger charge is -2.01. The Hall–Kier alpha value is -1.20. The molecule has 0 aliphatic rings.